The molecule has 0 aliphatic heterocycles. The van der Waals surface area contributed by atoms with Gasteiger partial charge in [-0.05, 0) is 42.5 Å². The SMILES string of the molecule is CN(CCN=CN=CN)c1cccc(Nc2ccc(F)cc2)c1.[HH]. The van der Waals surface area contributed by atoms with Crippen molar-refractivity contribution in [2.45, 2.75) is 0 Å². The van der Waals surface area contributed by atoms with Crippen molar-refractivity contribution >= 4 is 29.7 Å². The Kier molecular flexibility index (Phi) is 6.11. The summed E-state index contributed by atoms with van der Waals surface area (Å²) >= 11 is 0. The molecule has 0 aromatic heterocycles. The van der Waals surface area contributed by atoms with Gasteiger partial charge >= 0.3 is 0 Å². The Morgan fingerprint density at radius 1 is 1.22 bits per heavy atom. The Labute approximate surface area is 136 Å². The maximum Gasteiger partial charge on any atom is 0.123 e. The third kappa shape index (κ3) is 5.43. The Morgan fingerprint density at radius 2 is 2.00 bits per heavy atom. The van der Waals surface area contributed by atoms with Crippen molar-refractivity contribution in [1.82, 2.24) is 0 Å². The molecule has 0 spiro atoms. The minimum Gasteiger partial charge on any atom is -0.390 e. The number of aliphatic imine (C=N–C) groups is 2. The van der Waals surface area contributed by atoms with E-state index in [-0.39, 0.29) is 7.24 Å². The zero-order valence-electron chi connectivity index (χ0n) is 13.0. The van der Waals surface area contributed by atoms with Gasteiger partial charge in [0.15, 0.2) is 0 Å². The van der Waals surface area contributed by atoms with Gasteiger partial charge in [-0.3, -0.25) is 4.99 Å². The number of rotatable bonds is 7. The fraction of sp³-hybridized carbons (Fsp3) is 0.176. The van der Waals surface area contributed by atoms with Crippen molar-refractivity contribution in [1.29, 1.82) is 0 Å². The summed E-state index contributed by atoms with van der Waals surface area (Å²) in [5.74, 6) is -0.247. The molecule has 3 N–H and O–H groups in total. The topological polar surface area (TPSA) is 66.0 Å². The molecular formula is C17H22FN5. The van der Waals surface area contributed by atoms with Crippen LogP contribution in [0.25, 0.3) is 0 Å². The quantitative estimate of drug-likeness (QED) is 0.609. The summed E-state index contributed by atoms with van der Waals surface area (Å²) in [4.78, 5) is 9.94. The molecule has 0 amide bonds. The molecular weight excluding hydrogens is 293 g/mol. The van der Waals surface area contributed by atoms with Gasteiger partial charge in [-0.2, -0.15) is 0 Å². The van der Waals surface area contributed by atoms with Crippen LogP contribution in [0.5, 0.6) is 0 Å². The van der Waals surface area contributed by atoms with E-state index in [4.69, 9.17) is 5.73 Å². The van der Waals surface area contributed by atoms with E-state index < -0.39 is 0 Å². The van der Waals surface area contributed by atoms with Crippen LogP contribution in [0.4, 0.5) is 21.5 Å². The van der Waals surface area contributed by atoms with Crippen LogP contribution in [0.1, 0.15) is 1.43 Å². The first kappa shape index (κ1) is 16.5. The van der Waals surface area contributed by atoms with Gasteiger partial charge < -0.3 is 16.0 Å². The number of nitrogens with zero attached hydrogens (tertiary/aromatic N) is 3. The van der Waals surface area contributed by atoms with Crippen molar-refractivity contribution in [3.63, 3.8) is 0 Å². The molecule has 23 heavy (non-hydrogen) atoms. The number of benzene rings is 2. The number of nitrogens with two attached hydrogens (primary N) is 1. The smallest absolute Gasteiger partial charge is 0.123 e. The number of nitrogens with one attached hydrogen (secondary N) is 1. The van der Waals surface area contributed by atoms with E-state index in [1.807, 2.05) is 31.3 Å². The van der Waals surface area contributed by atoms with Crippen LogP contribution in [0.2, 0.25) is 0 Å². The highest BCUT2D eigenvalue weighted by Gasteiger charge is 2.02. The summed E-state index contributed by atoms with van der Waals surface area (Å²) in [5.41, 5.74) is 7.98. The molecule has 0 bridgehead atoms. The fourth-order valence-corrected chi connectivity index (χ4v) is 2.00. The fourth-order valence-electron chi connectivity index (χ4n) is 2.00. The normalized spacial score (nSPS) is 11.2. The second-order valence-corrected chi connectivity index (χ2v) is 4.92. The predicted molar refractivity (Wildman–Crippen MR) is 97.5 cm³/mol. The summed E-state index contributed by atoms with van der Waals surface area (Å²) in [6.07, 6.45) is 2.65. The Balaban J connectivity index is 0.00000288. The van der Waals surface area contributed by atoms with Gasteiger partial charge in [-0.25, -0.2) is 9.38 Å². The Morgan fingerprint density at radius 3 is 2.74 bits per heavy atom. The van der Waals surface area contributed by atoms with E-state index in [1.165, 1.54) is 24.8 Å². The van der Waals surface area contributed by atoms with Gasteiger partial charge in [0.2, 0.25) is 0 Å². The molecule has 122 valence electrons. The minimum atomic E-state index is -0.247. The molecule has 5 nitrogen and oxygen atoms in total. The first-order valence-corrected chi connectivity index (χ1v) is 7.24. The van der Waals surface area contributed by atoms with Crippen LogP contribution in [0, 0.1) is 5.82 Å². The van der Waals surface area contributed by atoms with Gasteiger partial charge in [-0.1, -0.05) is 6.07 Å². The lowest BCUT2D eigenvalue weighted by molar-refractivity contribution is 0.628. The average Bonchev–Trinajstić information content (AvgIpc) is 2.57. The highest BCUT2D eigenvalue weighted by atomic mass is 19.1. The first-order chi connectivity index (χ1) is 11.2. The highest BCUT2D eigenvalue weighted by molar-refractivity contribution is 5.69. The largest absolute Gasteiger partial charge is 0.390 e. The van der Waals surface area contributed by atoms with Crippen molar-refractivity contribution in [3.8, 4) is 0 Å². The van der Waals surface area contributed by atoms with Crippen molar-refractivity contribution in [2.24, 2.45) is 15.7 Å². The summed E-state index contributed by atoms with van der Waals surface area (Å²) in [6.45, 7) is 1.39. The maximum absolute atomic E-state index is 12.9. The van der Waals surface area contributed by atoms with E-state index in [0.29, 0.717) is 6.54 Å². The van der Waals surface area contributed by atoms with Crippen molar-refractivity contribution < 1.29 is 5.82 Å². The van der Waals surface area contributed by atoms with E-state index in [1.54, 1.807) is 12.1 Å². The standard InChI is InChI=1S/C17H20FN5.H2/c1-23(10-9-20-13-21-12-19)17-4-2-3-16(11-17)22-15-7-5-14(18)6-8-15;/h2-8,11-13,22H,9-10H2,1H3,(H2,19,20,21);1H. The van der Waals surface area contributed by atoms with E-state index in [2.05, 4.69) is 20.2 Å². The highest BCUT2D eigenvalue weighted by Crippen LogP contribution is 2.22. The molecule has 0 heterocycles. The van der Waals surface area contributed by atoms with Crippen LogP contribution < -0.4 is 16.0 Å². The van der Waals surface area contributed by atoms with E-state index >= 15 is 0 Å². The molecule has 0 fully saturated rings. The van der Waals surface area contributed by atoms with E-state index in [0.717, 1.165) is 23.6 Å². The molecule has 2 aromatic rings. The van der Waals surface area contributed by atoms with E-state index in [9.17, 15) is 4.39 Å². The average molecular weight is 315 g/mol. The van der Waals surface area contributed by atoms with Crippen LogP contribution in [-0.4, -0.2) is 32.8 Å². The van der Waals surface area contributed by atoms with Gasteiger partial charge in [0, 0.05) is 32.1 Å². The number of anilines is 3. The molecule has 0 radical (unpaired) electrons. The van der Waals surface area contributed by atoms with Gasteiger partial charge in [0.25, 0.3) is 0 Å². The lowest BCUT2D eigenvalue weighted by Gasteiger charge is -2.19. The van der Waals surface area contributed by atoms with Gasteiger partial charge in [0.05, 0.1) is 12.9 Å². The number of likely N-dealkylation sites (N-methyl/N-ethyl adjacent to an activating group) is 1. The number of halogens is 1. The predicted octanol–water partition coefficient (Wildman–Crippen LogP) is 3.27. The molecule has 2 rings (SSSR count). The Hall–Kier alpha value is -2.89. The number of hydrogen-bond acceptors (Lipinski definition) is 3. The van der Waals surface area contributed by atoms with Crippen molar-refractivity contribution in [2.75, 3.05) is 30.4 Å². The van der Waals surface area contributed by atoms with Gasteiger partial charge in [0.1, 0.15) is 12.2 Å². The third-order valence-corrected chi connectivity index (χ3v) is 3.22. The molecule has 0 aliphatic rings. The second kappa shape index (κ2) is 8.53. The molecule has 0 atom stereocenters. The van der Waals surface area contributed by atoms with Crippen LogP contribution in [-0.2, 0) is 0 Å². The third-order valence-electron chi connectivity index (χ3n) is 3.22. The second-order valence-electron chi connectivity index (χ2n) is 4.92. The van der Waals surface area contributed by atoms with Crippen LogP contribution in [0.3, 0.4) is 0 Å². The molecule has 6 heteroatoms. The van der Waals surface area contributed by atoms with Crippen molar-refractivity contribution in [3.05, 3.63) is 54.3 Å². The monoisotopic (exact) mass is 315 g/mol. The molecule has 0 aliphatic carbocycles. The lowest BCUT2D eigenvalue weighted by Crippen LogP contribution is -2.20. The van der Waals surface area contributed by atoms with Gasteiger partial charge in [-0.15, -0.1) is 0 Å². The number of hydrogen-bond donors (Lipinski definition) is 2. The first-order valence-electron chi connectivity index (χ1n) is 7.24. The zero-order valence-corrected chi connectivity index (χ0v) is 13.0. The summed E-state index contributed by atoms with van der Waals surface area (Å²) in [5, 5.41) is 3.25. The summed E-state index contributed by atoms with van der Waals surface area (Å²) in [7, 11) is 2.00. The zero-order chi connectivity index (χ0) is 16.5. The molecule has 2 aromatic carbocycles. The molecule has 0 saturated heterocycles. The minimum absolute atomic E-state index is 0. The summed E-state index contributed by atoms with van der Waals surface area (Å²) < 4.78 is 12.9. The lowest BCUT2D eigenvalue weighted by atomic mass is 10.2. The van der Waals surface area contributed by atoms with Crippen LogP contribution >= 0.6 is 0 Å². The molecule has 0 unspecified atom stereocenters. The van der Waals surface area contributed by atoms with Crippen LogP contribution in [0.15, 0.2) is 58.5 Å². The molecule has 0 saturated carbocycles. The Bertz CT molecular complexity index is 673. The summed E-state index contributed by atoms with van der Waals surface area (Å²) in [6, 6.07) is 14.3. The maximum atomic E-state index is 12.9.